The van der Waals surface area contributed by atoms with Gasteiger partial charge in [0.25, 0.3) is 5.91 Å². The van der Waals surface area contributed by atoms with Gasteiger partial charge in [0, 0.05) is 25.0 Å². The third-order valence-electron chi connectivity index (χ3n) is 4.11. The van der Waals surface area contributed by atoms with Crippen molar-refractivity contribution in [3.8, 4) is 0 Å². The highest BCUT2D eigenvalue weighted by atomic mass is 19.4. The number of likely N-dealkylation sites (tertiary alicyclic amines) is 1. The van der Waals surface area contributed by atoms with Gasteiger partial charge in [-0.25, -0.2) is 0 Å². The summed E-state index contributed by atoms with van der Waals surface area (Å²) in [6.45, 7) is 4.65. The van der Waals surface area contributed by atoms with E-state index in [0.717, 1.165) is 6.07 Å². The summed E-state index contributed by atoms with van der Waals surface area (Å²) in [5.41, 5.74) is -1.30. The van der Waals surface area contributed by atoms with Crippen molar-refractivity contribution in [2.75, 3.05) is 13.1 Å². The number of rotatable bonds is 3. The molecule has 1 saturated heterocycles. The Hall–Kier alpha value is -2.05. The van der Waals surface area contributed by atoms with Crippen LogP contribution in [0.2, 0.25) is 0 Å². The normalized spacial score (nSPS) is 16.3. The topological polar surface area (TPSA) is 49.4 Å². The van der Waals surface area contributed by atoms with Gasteiger partial charge in [-0.15, -0.1) is 0 Å². The van der Waals surface area contributed by atoms with Crippen molar-refractivity contribution in [3.63, 3.8) is 0 Å². The number of nitrogens with zero attached hydrogens (tertiary/aromatic N) is 1. The van der Waals surface area contributed by atoms with Crippen LogP contribution in [0.4, 0.5) is 13.2 Å². The SMILES string of the molecule is CC(C)C(=O)N1CCC(NC(=O)c2ccccc2C(F)(F)F)CC1. The monoisotopic (exact) mass is 342 g/mol. The summed E-state index contributed by atoms with van der Waals surface area (Å²) in [5.74, 6) is -0.756. The fourth-order valence-electron chi connectivity index (χ4n) is 2.80. The van der Waals surface area contributed by atoms with Crippen LogP contribution >= 0.6 is 0 Å². The van der Waals surface area contributed by atoms with Gasteiger partial charge in [0.15, 0.2) is 0 Å². The fraction of sp³-hybridized carbons (Fsp3) is 0.529. The minimum atomic E-state index is -4.57. The van der Waals surface area contributed by atoms with Gasteiger partial charge in [0.1, 0.15) is 0 Å². The maximum atomic E-state index is 13.0. The average molecular weight is 342 g/mol. The summed E-state index contributed by atoms with van der Waals surface area (Å²) in [6.07, 6.45) is -3.49. The van der Waals surface area contributed by atoms with Crippen LogP contribution in [-0.2, 0) is 11.0 Å². The van der Waals surface area contributed by atoms with Crippen LogP contribution in [0.5, 0.6) is 0 Å². The van der Waals surface area contributed by atoms with Gasteiger partial charge >= 0.3 is 6.18 Å². The van der Waals surface area contributed by atoms with E-state index in [4.69, 9.17) is 0 Å². The first-order valence-corrected chi connectivity index (χ1v) is 7.96. The first-order valence-electron chi connectivity index (χ1n) is 7.96. The summed E-state index contributed by atoms with van der Waals surface area (Å²) in [7, 11) is 0. The molecule has 0 aliphatic carbocycles. The molecule has 0 aromatic heterocycles. The zero-order valence-corrected chi connectivity index (χ0v) is 13.7. The molecule has 0 atom stereocenters. The molecule has 0 spiro atoms. The zero-order chi connectivity index (χ0) is 17.9. The average Bonchev–Trinajstić information content (AvgIpc) is 2.54. The van der Waals surface area contributed by atoms with Crippen LogP contribution in [-0.4, -0.2) is 35.8 Å². The predicted molar refractivity (Wildman–Crippen MR) is 83.4 cm³/mol. The molecule has 24 heavy (non-hydrogen) atoms. The Morgan fingerprint density at radius 1 is 1.17 bits per heavy atom. The van der Waals surface area contributed by atoms with Crippen LogP contribution in [0, 0.1) is 5.92 Å². The van der Waals surface area contributed by atoms with Crippen molar-refractivity contribution in [2.45, 2.75) is 38.9 Å². The molecular formula is C17H21F3N2O2. The number of benzene rings is 1. The van der Waals surface area contributed by atoms with E-state index in [9.17, 15) is 22.8 Å². The van der Waals surface area contributed by atoms with E-state index in [1.165, 1.54) is 18.2 Å². The van der Waals surface area contributed by atoms with E-state index >= 15 is 0 Å². The third kappa shape index (κ3) is 4.27. The van der Waals surface area contributed by atoms with Crippen LogP contribution in [0.15, 0.2) is 24.3 Å². The molecule has 1 heterocycles. The van der Waals surface area contributed by atoms with Crippen molar-refractivity contribution >= 4 is 11.8 Å². The minimum Gasteiger partial charge on any atom is -0.349 e. The summed E-state index contributed by atoms with van der Waals surface area (Å²) in [5, 5.41) is 2.66. The van der Waals surface area contributed by atoms with Crippen LogP contribution in [0.25, 0.3) is 0 Å². The summed E-state index contributed by atoms with van der Waals surface area (Å²) < 4.78 is 38.9. The number of amides is 2. The van der Waals surface area contributed by atoms with E-state index in [-0.39, 0.29) is 23.4 Å². The highest BCUT2D eigenvalue weighted by Gasteiger charge is 2.35. The van der Waals surface area contributed by atoms with E-state index < -0.39 is 17.6 Å². The second kappa shape index (κ2) is 7.23. The molecule has 132 valence electrons. The fourth-order valence-corrected chi connectivity index (χ4v) is 2.80. The molecule has 1 aliphatic rings. The number of nitrogens with one attached hydrogen (secondary N) is 1. The number of hydrogen-bond acceptors (Lipinski definition) is 2. The summed E-state index contributed by atoms with van der Waals surface area (Å²) in [4.78, 5) is 25.9. The Kier molecular flexibility index (Phi) is 5.51. The lowest BCUT2D eigenvalue weighted by Crippen LogP contribution is -2.47. The van der Waals surface area contributed by atoms with Crippen molar-refractivity contribution in [1.82, 2.24) is 10.2 Å². The molecule has 2 rings (SSSR count). The van der Waals surface area contributed by atoms with Gasteiger partial charge < -0.3 is 10.2 Å². The van der Waals surface area contributed by atoms with Gasteiger partial charge in [-0.1, -0.05) is 26.0 Å². The van der Waals surface area contributed by atoms with Crippen molar-refractivity contribution in [2.24, 2.45) is 5.92 Å². The highest BCUT2D eigenvalue weighted by molar-refractivity contribution is 5.96. The van der Waals surface area contributed by atoms with E-state index in [0.29, 0.717) is 25.9 Å². The number of carbonyl (C=O) groups is 2. The van der Waals surface area contributed by atoms with Crippen LogP contribution in [0.3, 0.4) is 0 Å². The Morgan fingerprint density at radius 2 is 1.75 bits per heavy atom. The van der Waals surface area contributed by atoms with Crippen LogP contribution < -0.4 is 5.32 Å². The molecule has 1 N–H and O–H groups in total. The van der Waals surface area contributed by atoms with E-state index in [2.05, 4.69) is 5.32 Å². The predicted octanol–water partition coefficient (Wildman–Crippen LogP) is 3.08. The molecule has 0 saturated carbocycles. The minimum absolute atomic E-state index is 0.0576. The molecule has 2 amide bonds. The summed E-state index contributed by atoms with van der Waals surface area (Å²) in [6, 6.07) is 4.52. The Labute approximate surface area is 139 Å². The Balaban J connectivity index is 1.99. The van der Waals surface area contributed by atoms with Crippen LogP contribution in [0.1, 0.15) is 42.6 Å². The molecule has 4 nitrogen and oxygen atoms in total. The molecule has 0 bridgehead atoms. The smallest absolute Gasteiger partial charge is 0.349 e. The van der Waals surface area contributed by atoms with Gasteiger partial charge in [0.2, 0.25) is 5.91 Å². The molecule has 1 aliphatic heterocycles. The largest absolute Gasteiger partial charge is 0.417 e. The standard InChI is InChI=1S/C17H21F3N2O2/c1-11(2)16(24)22-9-7-12(8-10-22)21-15(23)13-5-3-4-6-14(13)17(18,19)20/h3-6,11-12H,7-10H2,1-2H3,(H,21,23). The molecule has 1 aromatic rings. The first-order chi connectivity index (χ1) is 11.2. The van der Waals surface area contributed by atoms with E-state index in [1.807, 2.05) is 13.8 Å². The van der Waals surface area contributed by atoms with Crippen molar-refractivity contribution in [3.05, 3.63) is 35.4 Å². The molecular weight excluding hydrogens is 321 g/mol. The van der Waals surface area contributed by atoms with Crippen molar-refractivity contribution in [1.29, 1.82) is 0 Å². The van der Waals surface area contributed by atoms with E-state index in [1.54, 1.807) is 4.90 Å². The number of halogens is 3. The second-order valence-electron chi connectivity index (χ2n) is 6.27. The van der Waals surface area contributed by atoms with Gasteiger partial charge in [-0.3, -0.25) is 9.59 Å². The lowest BCUT2D eigenvalue weighted by Gasteiger charge is -2.33. The molecule has 1 fully saturated rings. The van der Waals surface area contributed by atoms with Gasteiger partial charge in [-0.2, -0.15) is 13.2 Å². The zero-order valence-electron chi connectivity index (χ0n) is 13.7. The Bertz CT molecular complexity index is 606. The maximum absolute atomic E-state index is 13.0. The molecule has 1 aromatic carbocycles. The Morgan fingerprint density at radius 3 is 2.29 bits per heavy atom. The first kappa shape index (κ1) is 18.3. The highest BCUT2D eigenvalue weighted by Crippen LogP contribution is 2.31. The quantitative estimate of drug-likeness (QED) is 0.918. The lowest BCUT2D eigenvalue weighted by atomic mass is 10.0. The maximum Gasteiger partial charge on any atom is 0.417 e. The lowest BCUT2D eigenvalue weighted by molar-refractivity contribution is -0.138. The second-order valence-corrected chi connectivity index (χ2v) is 6.27. The third-order valence-corrected chi connectivity index (χ3v) is 4.11. The molecule has 0 radical (unpaired) electrons. The number of piperidine rings is 1. The van der Waals surface area contributed by atoms with Crippen molar-refractivity contribution < 1.29 is 22.8 Å². The number of carbonyl (C=O) groups excluding carboxylic acids is 2. The molecule has 0 unspecified atom stereocenters. The number of hydrogen-bond donors (Lipinski definition) is 1. The van der Waals surface area contributed by atoms with Gasteiger partial charge in [-0.05, 0) is 25.0 Å². The van der Waals surface area contributed by atoms with Gasteiger partial charge in [0.05, 0.1) is 11.1 Å². The summed E-state index contributed by atoms with van der Waals surface area (Å²) >= 11 is 0. The molecule has 7 heteroatoms. The number of alkyl halides is 3.